The fourth-order valence-corrected chi connectivity index (χ4v) is 5.14. The topological polar surface area (TPSA) is 67.2 Å². The van der Waals surface area contributed by atoms with E-state index in [0.29, 0.717) is 45.3 Å². The van der Waals surface area contributed by atoms with Gasteiger partial charge in [0, 0.05) is 26.4 Å². The van der Waals surface area contributed by atoms with Crippen LogP contribution in [0.5, 0.6) is 0 Å². The van der Waals surface area contributed by atoms with Crippen molar-refractivity contribution in [2.24, 2.45) is 5.92 Å². The van der Waals surface area contributed by atoms with Crippen LogP contribution in [0.3, 0.4) is 0 Å². The summed E-state index contributed by atoms with van der Waals surface area (Å²) in [5, 5.41) is 0. The van der Waals surface area contributed by atoms with Crippen molar-refractivity contribution in [2.45, 2.75) is 19.8 Å². The van der Waals surface area contributed by atoms with Gasteiger partial charge in [-0.15, -0.1) is 0 Å². The third-order valence-electron chi connectivity index (χ3n) is 5.37. The highest BCUT2D eigenvalue weighted by Gasteiger charge is 2.33. The molecule has 0 spiro atoms. The normalized spacial score (nSPS) is 21.3. The Labute approximate surface area is 184 Å². The molecule has 2 aromatic heterocycles. The zero-order valence-electron chi connectivity index (χ0n) is 17.0. The summed E-state index contributed by atoms with van der Waals surface area (Å²) < 4.78 is 7.08. The molecule has 0 bridgehead atoms. The number of methoxy groups -OCH3 is 1. The first-order valence-corrected chi connectivity index (χ1v) is 11.2. The zero-order valence-corrected chi connectivity index (χ0v) is 18.7. The predicted molar refractivity (Wildman–Crippen MR) is 124 cm³/mol. The van der Waals surface area contributed by atoms with Gasteiger partial charge in [0.1, 0.15) is 15.8 Å². The number of aromatic nitrogens is 2. The summed E-state index contributed by atoms with van der Waals surface area (Å²) in [6, 6.07) is 5.49. The van der Waals surface area contributed by atoms with Crippen LogP contribution in [-0.2, 0) is 9.53 Å². The Balaban J connectivity index is 1.81. The highest BCUT2D eigenvalue weighted by atomic mass is 32.2. The molecular weight excluding hydrogens is 420 g/mol. The number of rotatable bonds is 5. The molecule has 2 aliphatic heterocycles. The maximum Gasteiger partial charge on any atom is 0.267 e. The van der Waals surface area contributed by atoms with E-state index in [0.717, 1.165) is 25.9 Å². The van der Waals surface area contributed by atoms with Crippen molar-refractivity contribution in [3.63, 3.8) is 0 Å². The summed E-state index contributed by atoms with van der Waals surface area (Å²) in [6.45, 7) is 4.68. The Bertz CT molecular complexity index is 1080. The Morgan fingerprint density at radius 1 is 1.37 bits per heavy atom. The summed E-state index contributed by atoms with van der Waals surface area (Å²) in [4.78, 5) is 35.2. The number of thioether (sulfide) groups is 1. The number of thiocarbonyl (C=S) groups is 1. The molecule has 1 amide bonds. The van der Waals surface area contributed by atoms with E-state index in [9.17, 15) is 9.59 Å². The summed E-state index contributed by atoms with van der Waals surface area (Å²) in [6.07, 6.45) is 5.58. The molecule has 9 heteroatoms. The molecule has 0 aliphatic carbocycles. The number of amides is 1. The second-order valence-electron chi connectivity index (χ2n) is 7.60. The third kappa shape index (κ3) is 4.01. The minimum Gasteiger partial charge on any atom is -0.383 e. The summed E-state index contributed by atoms with van der Waals surface area (Å²) in [5.74, 6) is 0.965. The molecule has 4 heterocycles. The van der Waals surface area contributed by atoms with Crippen LogP contribution >= 0.6 is 24.0 Å². The van der Waals surface area contributed by atoms with E-state index in [1.807, 2.05) is 12.1 Å². The SMILES string of the molecule is COCCN1C(=O)/C(=C\c2c(N3CCC[C@H](C)C3)nc3ccccn3c2=O)SC1=S. The van der Waals surface area contributed by atoms with Gasteiger partial charge in [-0.3, -0.25) is 18.9 Å². The Kier molecular flexibility index (Phi) is 6.21. The molecule has 2 aliphatic rings. The van der Waals surface area contributed by atoms with Gasteiger partial charge in [-0.2, -0.15) is 0 Å². The van der Waals surface area contributed by atoms with Crippen molar-refractivity contribution in [2.75, 3.05) is 38.3 Å². The van der Waals surface area contributed by atoms with E-state index >= 15 is 0 Å². The quantitative estimate of drug-likeness (QED) is 0.519. The van der Waals surface area contributed by atoms with Crippen molar-refractivity contribution in [1.29, 1.82) is 0 Å². The molecular formula is C21H24N4O3S2. The molecule has 2 fully saturated rings. The highest BCUT2D eigenvalue weighted by Crippen LogP contribution is 2.34. The van der Waals surface area contributed by atoms with Crippen LogP contribution in [0.15, 0.2) is 34.1 Å². The molecule has 0 unspecified atom stereocenters. The molecule has 2 saturated heterocycles. The van der Waals surface area contributed by atoms with Gasteiger partial charge >= 0.3 is 0 Å². The molecule has 7 nitrogen and oxygen atoms in total. The first kappa shape index (κ1) is 21.0. The Morgan fingerprint density at radius 3 is 2.97 bits per heavy atom. The van der Waals surface area contributed by atoms with Crippen LogP contribution in [0.25, 0.3) is 11.7 Å². The standard InChI is InChI=1S/C21H24N4O3S2/c1-14-6-5-8-23(13-14)18-15(19(26)24-9-4-3-7-17(24)22-18)12-16-20(27)25(10-11-28-2)21(29)30-16/h3-4,7,9,12,14H,5-6,8,10-11,13H2,1-2H3/b16-12+/t14-/m0/s1. The molecule has 30 heavy (non-hydrogen) atoms. The number of pyridine rings is 1. The predicted octanol–water partition coefficient (Wildman–Crippen LogP) is 2.78. The van der Waals surface area contributed by atoms with Gasteiger partial charge in [0.15, 0.2) is 0 Å². The average Bonchev–Trinajstić information content (AvgIpc) is 3.01. The van der Waals surface area contributed by atoms with Gasteiger partial charge in [0.05, 0.1) is 23.6 Å². The zero-order chi connectivity index (χ0) is 21.3. The fraction of sp³-hybridized carbons (Fsp3) is 0.429. The first-order valence-electron chi connectivity index (χ1n) is 10.00. The minimum atomic E-state index is -0.197. The second-order valence-corrected chi connectivity index (χ2v) is 9.28. The van der Waals surface area contributed by atoms with Crippen LogP contribution in [0.4, 0.5) is 5.82 Å². The summed E-state index contributed by atoms with van der Waals surface area (Å²) in [7, 11) is 1.58. The lowest BCUT2D eigenvalue weighted by Gasteiger charge is -2.32. The lowest BCUT2D eigenvalue weighted by Crippen LogP contribution is -2.37. The number of carbonyl (C=O) groups excluding carboxylic acids is 1. The molecule has 0 radical (unpaired) electrons. The number of hydrogen-bond donors (Lipinski definition) is 0. The minimum absolute atomic E-state index is 0.184. The highest BCUT2D eigenvalue weighted by molar-refractivity contribution is 8.26. The molecule has 1 atom stereocenters. The van der Waals surface area contributed by atoms with E-state index in [-0.39, 0.29) is 11.5 Å². The number of anilines is 1. The van der Waals surface area contributed by atoms with Gasteiger partial charge in [0.25, 0.3) is 11.5 Å². The number of piperidine rings is 1. The molecule has 0 aromatic carbocycles. The molecule has 158 valence electrons. The Hall–Kier alpha value is -2.23. The van der Waals surface area contributed by atoms with Gasteiger partial charge in [0.2, 0.25) is 0 Å². The van der Waals surface area contributed by atoms with Crippen molar-refractivity contribution in [3.8, 4) is 0 Å². The largest absolute Gasteiger partial charge is 0.383 e. The van der Waals surface area contributed by atoms with Crippen LogP contribution in [0.1, 0.15) is 25.3 Å². The molecule has 0 N–H and O–H groups in total. The van der Waals surface area contributed by atoms with Crippen molar-refractivity contribution in [3.05, 3.63) is 45.2 Å². The number of fused-ring (bicyclic) bond motifs is 1. The molecule has 4 rings (SSSR count). The van der Waals surface area contributed by atoms with E-state index < -0.39 is 0 Å². The summed E-state index contributed by atoms with van der Waals surface area (Å²) in [5.41, 5.74) is 0.844. The molecule has 0 saturated carbocycles. The monoisotopic (exact) mass is 444 g/mol. The maximum atomic E-state index is 13.4. The fourth-order valence-electron chi connectivity index (χ4n) is 3.85. The molecule has 2 aromatic rings. The third-order valence-corrected chi connectivity index (χ3v) is 6.75. The van der Waals surface area contributed by atoms with Gasteiger partial charge < -0.3 is 9.64 Å². The summed E-state index contributed by atoms with van der Waals surface area (Å²) >= 11 is 6.59. The van der Waals surface area contributed by atoms with Crippen molar-refractivity contribution in [1.82, 2.24) is 14.3 Å². The average molecular weight is 445 g/mol. The number of hydrogen-bond acceptors (Lipinski definition) is 7. The maximum absolute atomic E-state index is 13.4. The van der Waals surface area contributed by atoms with Crippen LogP contribution in [0.2, 0.25) is 0 Å². The Morgan fingerprint density at radius 2 is 2.20 bits per heavy atom. The van der Waals surface area contributed by atoms with Crippen molar-refractivity contribution >= 4 is 51.7 Å². The van der Waals surface area contributed by atoms with Gasteiger partial charge in [-0.05, 0) is 37.0 Å². The number of ether oxygens (including phenoxy) is 1. The van der Waals surface area contributed by atoms with Crippen molar-refractivity contribution < 1.29 is 9.53 Å². The van der Waals surface area contributed by atoms with Crippen LogP contribution in [-0.4, -0.2) is 57.9 Å². The van der Waals surface area contributed by atoms with Crippen LogP contribution in [0, 0.1) is 5.92 Å². The van der Waals surface area contributed by atoms with E-state index in [4.69, 9.17) is 21.9 Å². The number of nitrogens with zero attached hydrogens (tertiary/aromatic N) is 4. The lowest BCUT2D eigenvalue weighted by molar-refractivity contribution is -0.122. The van der Waals surface area contributed by atoms with E-state index in [1.54, 1.807) is 25.4 Å². The lowest BCUT2D eigenvalue weighted by atomic mass is 10.00. The van der Waals surface area contributed by atoms with E-state index in [1.165, 1.54) is 21.1 Å². The van der Waals surface area contributed by atoms with Gasteiger partial charge in [-0.25, -0.2) is 4.98 Å². The van der Waals surface area contributed by atoms with Gasteiger partial charge in [-0.1, -0.05) is 37.0 Å². The smallest absolute Gasteiger partial charge is 0.267 e. The number of carbonyl (C=O) groups is 1. The first-order chi connectivity index (χ1) is 14.5. The van der Waals surface area contributed by atoms with E-state index in [2.05, 4.69) is 11.8 Å². The second kappa shape index (κ2) is 8.87. The van der Waals surface area contributed by atoms with Crippen LogP contribution < -0.4 is 10.5 Å².